The van der Waals surface area contributed by atoms with E-state index >= 15 is 0 Å². The van der Waals surface area contributed by atoms with Gasteiger partial charge in [-0.1, -0.05) is 54.1 Å². The molecule has 0 unspecified atom stereocenters. The first-order valence-corrected chi connectivity index (χ1v) is 8.67. The summed E-state index contributed by atoms with van der Waals surface area (Å²) in [6, 6.07) is 20.8. The van der Waals surface area contributed by atoms with Crippen molar-refractivity contribution in [2.45, 2.75) is 0 Å². The molecule has 2 heterocycles. The fourth-order valence-corrected chi connectivity index (χ4v) is 3.97. The second-order valence-corrected chi connectivity index (χ2v) is 6.80. The largest absolute Gasteiger partial charge is 0.288 e. The van der Waals surface area contributed by atoms with Crippen LogP contribution in [0.3, 0.4) is 0 Å². The van der Waals surface area contributed by atoms with E-state index in [1.165, 1.54) is 11.3 Å². The predicted molar refractivity (Wildman–Crippen MR) is 99.9 cm³/mol. The zero-order valence-electron chi connectivity index (χ0n) is 12.6. The van der Waals surface area contributed by atoms with Crippen molar-refractivity contribution in [2.75, 3.05) is 0 Å². The average molecular weight is 350 g/mol. The molecule has 116 valence electrons. The number of carbonyl (C=O) groups is 1. The predicted octanol–water partition coefficient (Wildman–Crippen LogP) is 5.85. The maximum atomic E-state index is 13.0. The second kappa shape index (κ2) is 6.19. The number of halogens is 1. The molecule has 24 heavy (non-hydrogen) atoms. The molecule has 0 bridgehead atoms. The summed E-state index contributed by atoms with van der Waals surface area (Å²) in [5.41, 5.74) is 2.57. The Kier molecular flexibility index (Phi) is 3.89. The van der Waals surface area contributed by atoms with Crippen LogP contribution in [0, 0.1) is 0 Å². The Bertz CT molecular complexity index is 1020. The molecule has 2 nitrogen and oxygen atoms in total. The van der Waals surface area contributed by atoms with Crippen molar-refractivity contribution in [2.24, 2.45) is 0 Å². The Balaban J connectivity index is 1.97. The summed E-state index contributed by atoms with van der Waals surface area (Å²) >= 11 is 7.45. The molecular weight excluding hydrogens is 338 g/mol. The van der Waals surface area contributed by atoms with Crippen LogP contribution in [0.1, 0.15) is 15.2 Å². The quantitative estimate of drug-likeness (QED) is 0.434. The number of ketones is 1. The third kappa shape index (κ3) is 2.62. The fourth-order valence-electron chi connectivity index (χ4n) is 2.72. The normalized spacial score (nSPS) is 10.9. The van der Waals surface area contributed by atoms with Crippen LogP contribution < -0.4 is 0 Å². The van der Waals surface area contributed by atoms with Crippen LogP contribution in [0.15, 0.2) is 72.9 Å². The SMILES string of the molecule is O=C(c1ccccc1)c1sc2ncccc2c1-c1ccc(Cl)cc1. The minimum absolute atomic E-state index is 0.0172. The second-order valence-electron chi connectivity index (χ2n) is 5.36. The third-order valence-electron chi connectivity index (χ3n) is 3.84. The number of hydrogen-bond donors (Lipinski definition) is 0. The van der Waals surface area contributed by atoms with Gasteiger partial charge in [0, 0.05) is 27.7 Å². The van der Waals surface area contributed by atoms with E-state index in [0.29, 0.717) is 15.5 Å². The molecule has 0 fully saturated rings. The Labute approximate surface area is 148 Å². The van der Waals surface area contributed by atoms with E-state index in [2.05, 4.69) is 4.98 Å². The summed E-state index contributed by atoms with van der Waals surface area (Å²) in [7, 11) is 0. The molecule has 0 N–H and O–H groups in total. The molecule has 2 aromatic heterocycles. The number of aromatic nitrogens is 1. The summed E-state index contributed by atoms with van der Waals surface area (Å²) in [5.74, 6) is 0.0172. The summed E-state index contributed by atoms with van der Waals surface area (Å²) in [4.78, 5) is 19.0. The molecule has 4 heteroatoms. The van der Waals surface area contributed by atoms with Crippen LogP contribution in [0.25, 0.3) is 21.3 Å². The van der Waals surface area contributed by atoms with Crippen LogP contribution in [-0.4, -0.2) is 10.8 Å². The number of fused-ring (bicyclic) bond motifs is 1. The van der Waals surface area contributed by atoms with Crippen molar-refractivity contribution < 1.29 is 4.79 Å². The van der Waals surface area contributed by atoms with E-state index in [1.807, 2.05) is 66.7 Å². The first-order valence-electron chi connectivity index (χ1n) is 7.47. The third-order valence-corrected chi connectivity index (χ3v) is 5.21. The van der Waals surface area contributed by atoms with E-state index in [9.17, 15) is 4.79 Å². The Hall–Kier alpha value is -2.49. The van der Waals surface area contributed by atoms with Gasteiger partial charge in [0.15, 0.2) is 0 Å². The van der Waals surface area contributed by atoms with Crippen molar-refractivity contribution in [3.05, 3.63) is 88.4 Å². The molecule has 0 aliphatic carbocycles. The highest BCUT2D eigenvalue weighted by atomic mass is 35.5. The van der Waals surface area contributed by atoms with Gasteiger partial charge in [-0.25, -0.2) is 4.98 Å². The average Bonchev–Trinajstić information content (AvgIpc) is 3.02. The van der Waals surface area contributed by atoms with Gasteiger partial charge in [-0.15, -0.1) is 11.3 Å². The lowest BCUT2D eigenvalue weighted by Crippen LogP contribution is -2.00. The van der Waals surface area contributed by atoms with Gasteiger partial charge in [0.1, 0.15) is 4.83 Å². The van der Waals surface area contributed by atoms with E-state index in [1.54, 1.807) is 6.20 Å². The van der Waals surface area contributed by atoms with Crippen LogP contribution in [0.4, 0.5) is 0 Å². The lowest BCUT2D eigenvalue weighted by Gasteiger charge is -2.05. The van der Waals surface area contributed by atoms with Gasteiger partial charge in [-0.2, -0.15) is 0 Å². The van der Waals surface area contributed by atoms with Crippen LogP contribution >= 0.6 is 22.9 Å². The highest BCUT2D eigenvalue weighted by Crippen LogP contribution is 2.39. The first-order chi connectivity index (χ1) is 11.7. The number of pyridine rings is 1. The standard InChI is InChI=1S/C20H12ClNOS/c21-15-10-8-13(9-11-15)17-16-7-4-12-22-20(16)24-19(17)18(23)14-5-2-1-3-6-14/h1-12H. The number of rotatable bonds is 3. The van der Waals surface area contributed by atoms with Crippen molar-refractivity contribution in [3.63, 3.8) is 0 Å². The number of thiophene rings is 1. The van der Waals surface area contributed by atoms with Crippen molar-refractivity contribution >= 4 is 38.9 Å². The number of carbonyl (C=O) groups excluding carboxylic acids is 1. The van der Waals surface area contributed by atoms with Crippen molar-refractivity contribution in [1.29, 1.82) is 0 Å². The molecular formula is C20H12ClNOS. The van der Waals surface area contributed by atoms with Gasteiger partial charge < -0.3 is 0 Å². The van der Waals surface area contributed by atoms with E-state index < -0.39 is 0 Å². The molecule has 0 saturated carbocycles. The molecule has 4 aromatic rings. The Morgan fingerprint density at radius 1 is 0.917 bits per heavy atom. The summed E-state index contributed by atoms with van der Waals surface area (Å²) in [5, 5.41) is 1.66. The minimum atomic E-state index is 0.0172. The lowest BCUT2D eigenvalue weighted by molar-refractivity contribution is 0.104. The van der Waals surface area contributed by atoms with Crippen molar-refractivity contribution in [1.82, 2.24) is 4.98 Å². The van der Waals surface area contributed by atoms with E-state index in [-0.39, 0.29) is 5.78 Å². The molecule has 0 aliphatic rings. The van der Waals surface area contributed by atoms with Crippen LogP contribution in [-0.2, 0) is 0 Å². The monoisotopic (exact) mass is 349 g/mol. The smallest absolute Gasteiger partial charge is 0.203 e. The topological polar surface area (TPSA) is 30.0 Å². The molecule has 0 saturated heterocycles. The van der Waals surface area contributed by atoms with Gasteiger partial charge in [0.2, 0.25) is 5.78 Å². The molecule has 0 aliphatic heterocycles. The molecule has 0 atom stereocenters. The highest BCUT2D eigenvalue weighted by molar-refractivity contribution is 7.21. The Morgan fingerprint density at radius 2 is 1.67 bits per heavy atom. The minimum Gasteiger partial charge on any atom is -0.288 e. The lowest BCUT2D eigenvalue weighted by atomic mass is 9.99. The van der Waals surface area contributed by atoms with Crippen molar-refractivity contribution in [3.8, 4) is 11.1 Å². The number of benzene rings is 2. The zero-order valence-corrected chi connectivity index (χ0v) is 14.1. The molecule has 0 radical (unpaired) electrons. The van der Waals surface area contributed by atoms with E-state index in [4.69, 9.17) is 11.6 Å². The maximum absolute atomic E-state index is 13.0. The fraction of sp³-hybridized carbons (Fsp3) is 0. The molecule has 0 amide bonds. The summed E-state index contributed by atoms with van der Waals surface area (Å²) < 4.78 is 0. The van der Waals surface area contributed by atoms with Gasteiger partial charge in [0.25, 0.3) is 0 Å². The van der Waals surface area contributed by atoms with Gasteiger partial charge in [-0.3, -0.25) is 4.79 Å². The summed E-state index contributed by atoms with van der Waals surface area (Å²) in [6.07, 6.45) is 1.75. The van der Waals surface area contributed by atoms with Gasteiger partial charge in [0.05, 0.1) is 4.88 Å². The molecule has 4 rings (SSSR count). The maximum Gasteiger partial charge on any atom is 0.203 e. The number of hydrogen-bond acceptors (Lipinski definition) is 3. The van der Waals surface area contributed by atoms with Gasteiger partial charge in [-0.05, 0) is 29.8 Å². The first kappa shape index (κ1) is 15.1. The van der Waals surface area contributed by atoms with Crippen LogP contribution in [0.2, 0.25) is 5.02 Å². The molecule has 2 aromatic carbocycles. The zero-order chi connectivity index (χ0) is 16.5. The Morgan fingerprint density at radius 3 is 2.42 bits per heavy atom. The highest BCUT2D eigenvalue weighted by Gasteiger charge is 2.21. The number of nitrogens with zero attached hydrogens (tertiary/aromatic N) is 1. The van der Waals surface area contributed by atoms with E-state index in [0.717, 1.165) is 21.3 Å². The van der Waals surface area contributed by atoms with Gasteiger partial charge >= 0.3 is 0 Å². The van der Waals surface area contributed by atoms with Crippen LogP contribution in [0.5, 0.6) is 0 Å². The summed E-state index contributed by atoms with van der Waals surface area (Å²) in [6.45, 7) is 0. The molecule has 0 spiro atoms.